The van der Waals surface area contributed by atoms with Crippen LogP contribution in [0.15, 0.2) is 24.4 Å². The van der Waals surface area contributed by atoms with Gasteiger partial charge in [0.2, 0.25) is 0 Å². The van der Waals surface area contributed by atoms with Crippen molar-refractivity contribution in [1.82, 2.24) is 25.0 Å². The smallest absolute Gasteiger partial charge is 0.412 e. The van der Waals surface area contributed by atoms with Crippen LogP contribution in [0.5, 0.6) is 0 Å². The van der Waals surface area contributed by atoms with E-state index in [-0.39, 0.29) is 15.7 Å². The van der Waals surface area contributed by atoms with Gasteiger partial charge >= 0.3 is 6.09 Å². The Morgan fingerprint density at radius 2 is 1.75 bits per heavy atom. The molecule has 15 heteroatoms. The molecule has 0 aliphatic carbocycles. The van der Waals surface area contributed by atoms with Gasteiger partial charge < -0.3 is 19.5 Å². The van der Waals surface area contributed by atoms with E-state index in [0.717, 1.165) is 95.3 Å². The number of carbonyl (C=O) groups excluding carboxylic acids is 2. The molecule has 2 aromatic heterocycles. The first-order valence-corrected chi connectivity index (χ1v) is 17.2. The molecule has 5 heterocycles. The zero-order chi connectivity index (χ0) is 33.8. The maximum atomic E-state index is 14.7. The summed E-state index contributed by atoms with van der Waals surface area (Å²) in [4.78, 5) is 35.6. The molecule has 1 atom stereocenters. The van der Waals surface area contributed by atoms with Crippen molar-refractivity contribution in [1.29, 1.82) is 0 Å². The second-order valence-corrected chi connectivity index (χ2v) is 14.8. The van der Waals surface area contributed by atoms with E-state index < -0.39 is 34.8 Å². The maximum absolute atomic E-state index is 14.7. The average Bonchev–Trinajstić information content (AvgIpc) is 3.50. The number of thiazole rings is 1. The predicted molar refractivity (Wildman–Crippen MR) is 177 cm³/mol. The predicted octanol–water partition coefficient (Wildman–Crippen LogP) is 5.36. The van der Waals surface area contributed by atoms with E-state index in [9.17, 15) is 18.4 Å². The van der Waals surface area contributed by atoms with Gasteiger partial charge in [-0.3, -0.25) is 25.0 Å². The third-order valence-corrected chi connectivity index (χ3v) is 9.68. The summed E-state index contributed by atoms with van der Waals surface area (Å²) in [5.41, 5.74) is -0.243. The van der Waals surface area contributed by atoms with Crippen LogP contribution in [0, 0.1) is 23.5 Å². The highest BCUT2D eigenvalue weighted by Crippen LogP contribution is 2.36. The standard InChI is InChI=1S/C33H43F2N7O5S/c1-33(2,3)47-32(44)39-31-28(38-30(48-31)27-23(34)7-4-8-24(27)35)29(43)37-25-12-36-40-26(25)15-41-10-5-6-22(9-11-41)42(13-20-16-45-17-20)14-21-18-46-19-21/h4,7-8,12,20-22H,5-6,9-11,13-19H2,1-3H3,(H,36,40)(H,37,43)(H,39,44)/t22-/m1/s1. The van der Waals surface area contributed by atoms with Gasteiger partial charge in [0.1, 0.15) is 27.2 Å². The van der Waals surface area contributed by atoms with Crippen molar-refractivity contribution in [3.05, 3.63) is 47.4 Å². The van der Waals surface area contributed by atoms with Gasteiger partial charge in [0.05, 0.1) is 49.6 Å². The van der Waals surface area contributed by atoms with Crippen molar-refractivity contribution in [2.24, 2.45) is 11.8 Å². The molecule has 3 aliphatic rings. The summed E-state index contributed by atoms with van der Waals surface area (Å²) in [6.07, 6.45) is 3.89. The number of halogens is 2. The molecule has 3 fully saturated rings. The molecule has 3 N–H and O–H groups in total. The Morgan fingerprint density at radius 3 is 2.38 bits per heavy atom. The first-order valence-electron chi connectivity index (χ1n) is 16.4. The lowest BCUT2D eigenvalue weighted by Crippen LogP contribution is -2.49. The van der Waals surface area contributed by atoms with Gasteiger partial charge in [-0.05, 0) is 58.7 Å². The van der Waals surface area contributed by atoms with Crippen LogP contribution < -0.4 is 10.6 Å². The number of nitrogens with zero attached hydrogens (tertiary/aromatic N) is 4. The van der Waals surface area contributed by atoms with Crippen LogP contribution in [0.1, 0.15) is 56.2 Å². The quantitative estimate of drug-likeness (QED) is 0.244. The number of H-pyrrole nitrogens is 1. The summed E-state index contributed by atoms with van der Waals surface area (Å²) in [6.45, 7) is 12.9. The van der Waals surface area contributed by atoms with Gasteiger partial charge in [0.25, 0.3) is 5.91 Å². The van der Waals surface area contributed by atoms with Gasteiger partial charge in [-0.1, -0.05) is 17.4 Å². The summed E-state index contributed by atoms with van der Waals surface area (Å²) >= 11 is 0.777. The van der Waals surface area contributed by atoms with E-state index in [2.05, 4.69) is 35.6 Å². The maximum Gasteiger partial charge on any atom is 0.412 e. The summed E-state index contributed by atoms with van der Waals surface area (Å²) in [5, 5.41) is 12.5. The number of anilines is 2. The van der Waals surface area contributed by atoms with Crippen molar-refractivity contribution in [2.45, 2.75) is 58.2 Å². The Balaban J connectivity index is 1.14. The van der Waals surface area contributed by atoms with Crippen molar-refractivity contribution in [2.75, 3.05) is 63.2 Å². The van der Waals surface area contributed by atoms with Gasteiger partial charge in [0, 0.05) is 44.1 Å². The summed E-state index contributed by atoms with van der Waals surface area (Å²) in [7, 11) is 0. The molecule has 3 saturated heterocycles. The highest BCUT2D eigenvalue weighted by atomic mass is 32.1. The Labute approximate surface area is 282 Å². The third kappa shape index (κ3) is 8.55. The lowest BCUT2D eigenvalue weighted by Gasteiger charge is -2.40. The van der Waals surface area contributed by atoms with Crippen LogP contribution in [-0.4, -0.2) is 101 Å². The van der Waals surface area contributed by atoms with E-state index >= 15 is 0 Å². The molecule has 0 radical (unpaired) electrons. The average molecular weight is 688 g/mol. The minimum atomic E-state index is -0.839. The van der Waals surface area contributed by atoms with Crippen LogP contribution in [0.2, 0.25) is 0 Å². The molecule has 6 rings (SSSR count). The minimum absolute atomic E-state index is 0.00510. The van der Waals surface area contributed by atoms with Gasteiger partial charge in [0.15, 0.2) is 5.69 Å². The second kappa shape index (κ2) is 14.9. The number of hydrogen-bond acceptors (Lipinski definition) is 10. The molecule has 0 saturated carbocycles. The SMILES string of the molecule is CC(C)(C)OC(=O)Nc1sc(-c2c(F)cccc2F)nc1C(=O)Nc1cn[nH]c1CN1CCC[C@@H](N(CC2COC2)CC2COC2)CC1. The Bertz CT molecular complexity index is 1550. The molecule has 0 bridgehead atoms. The number of rotatable bonds is 11. The molecule has 12 nitrogen and oxygen atoms in total. The van der Waals surface area contributed by atoms with Crippen molar-refractivity contribution >= 4 is 34.0 Å². The third-order valence-electron chi connectivity index (χ3n) is 8.69. The fourth-order valence-electron chi connectivity index (χ4n) is 6.19. The molecule has 48 heavy (non-hydrogen) atoms. The molecule has 260 valence electrons. The Kier molecular flexibility index (Phi) is 10.7. The van der Waals surface area contributed by atoms with E-state index in [0.29, 0.717) is 35.8 Å². The highest BCUT2D eigenvalue weighted by Gasteiger charge is 2.32. The Hall–Kier alpha value is -3.50. The first kappa shape index (κ1) is 34.4. The molecule has 2 amide bonds. The molecule has 0 spiro atoms. The number of nitrogens with one attached hydrogen (secondary N) is 3. The topological polar surface area (TPSA) is 134 Å². The molecule has 1 aromatic carbocycles. The van der Waals surface area contributed by atoms with Gasteiger partial charge in [-0.25, -0.2) is 18.6 Å². The van der Waals surface area contributed by atoms with Crippen molar-refractivity contribution in [3.63, 3.8) is 0 Å². The molecule has 0 unspecified atom stereocenters. The summed E-state index contributed by atoms with van der Waals surface area (Å²) in [5.74, 6) is -1.15. The molecular formula is C33H43F2N7O5S. The van der Waals surface area contributed by atoms with Crippen molar-refractivity contribution < 1.29 is 32.6 Å². The van der Waals surface area contributed by atoms with Crippen LogP contribution >= 0.6 is 11.3 Å². The van der Waals surface area contributed by atoms with Crippen LogP contribution in [0.4, 0.5) is 24.3 Å². The first-order chi connectivity index (χ1) is 23.0. The van der Waals surface area contributed by atoms with Gasteiger partial charge in [-0.2, -0.15) is 5.10 Å². The Morgan fingerprint density at radius 1 is 1.06 bits per heavy atom. The fourth-order valence-corrected chi connectivity index (χ4v) is 7.18. The zero-order valence-corrected chi connectivity index (χ0v) is 28.3. The number of hydrogen-bond donors (Lipinski definition) is 3. The monoisotopic (exact) mass is 687 g/mol. The van der Waals surface area contributed by atoms with E-state index in [1.807, 2.05) is 0 Å². The summed E-state index contributed by atoms with van der Waals surface area (Å²) in [6, 6.07) is 3.94. The highest BCUT2D eigenvalue weighted by molar-refractivity contribution is 7.19. The van der Waals surface area contributed by atoms with Crippen LogP contribution in [-0.2, 0) is 20.8 Å². The number of aromatic amines is 1. The van der Waals surface area contributed by atoms with Gasteiger partial charge in [-0.15, -0.1) is 0 Å². The number of benzene rings is 1. The lowest BCUT2D eigenvalue weighted by atomic mass is 9.99. The van der Waals surface area contributed by atoms with E-state index in [1.165, 1.54) is 12.3 Å². The minimum Gasteiger partial charge on any atom is -0.444 e. The normalized spacial score (nSPS) is 19.4. The number of amides is 2. The fraction of sp³-hybridized carbons (Fsp3) is 0.576. The number of carbonyl (C=O) groups is 2. The largest absolute Gasteiger partial charge is 0.444 e. The molecule has 3 aliphatic heterocycles. The second-order valence-electron chi connectivity index (χ2n) is 13.8. The lowest BCUT2D eigenvalue weighted by molar-refractivity contribution is -0.0784. The van der Waals surface area contributed by atoms with Crippen LogP contribution in [0.3, 0.4) is 0 Å². The zero-order valence-electron chi connectivity index (χ0n) is 27.5. The van der Waals surface area contributed by atoms with E-state index in [4.69, 9.17) is 14.2 Å². The molecule has 3 aromatic rings. The number of likely N-dealkylation sites (tertiary alicyclic amines) is 1. The van der Waals surface area contributed by atoms with Crippen LogP contribution in [0.25, 0.3) is 10.6 Å². The van der Waals surface area contributed by atoms with Crippen molar-refractivity contribution in [3.8, 4) is 10.6 Å². The summed E-state index contributed by atoms with van der Waals surface area (Å²) < 4.78 is 45.6. The molecular weight excluding hydrogens is 644 g/mol. The number of aromatic nitrogens is 3. The van der Waals surface area contributed by atoms with E-state index in [1.54, 1.807) is 20.8 Å². The number of ether oxygens (including phenoxy) is 3.